The number of amides is 2. The lowest BCUT2D eigenvalue weighted by molar-refractivity contribution is -0.118. The Morgan fingerprint density at radius 3 is 1.60 bits per heavy atom. The van der Waals surface area contributed by atoms with Gasteiger partial charge in [-0.25, -0.2) is 0 Å². The molecule has 2 aliphatic rings. The largest absolute Gasteiger partial charge is 0.325 e. The van der Waals surface area contributed by atoms with Crippen LogP contribution in [0, 0.1) is 23.7 Å². The van der Waals surface area contributed by atoms with Gasteiger partial charge in [0.2, 0.25) is 11.8 Å². The van der Waals surface area contributed by atoms with Crippen LogP contribution in [0.5, 0.6) is 0 Å². The lowest BCUT2D eigenvalue weighted by Gasteiger charge is -2.13. The lowest BCUT2D eigenvalue weighted by atomic mass is 10.1. The summed E-state index contributed by atoms with van der Waals surface area (Å²) in [4.78, 5) is 25.4. The Kier molecular flexibility index (Phi) is 6.40. The summed E-state index contributed by atoms with van der Waals surface area (Å²) in [6.07, 6.45) is 9.10. The number of unbranched alkanes of at least 4 members (excludes halogenated alkanes) is 2. The van der Waals surface area contributed by atoms with Crippen molar-refractivity contribution in [2.45, 2.75) is 65.2 Å². The van der Waals surface area contributed by atoms with Crippen LogP contribution in [0.15, 0.2) is 36.4 Å². The smallest absolute Gasteiger partial charge is 0.227 e. The van der Waals surface area contributed by atoms with Crippen LogP contribution in [0.4, 0.5) is 11.4 Å². The molecule has 2 aliphatic carbocycles. The minimum Gasteiger partial charge on any atom is -0.325 e. The van der Waals surface area contributed by atoms with Crippen LogP contribution in [0.1, 0.15) is 65.2 Å². The Labute approximate surface area is 179 Å². The Morgan fingerprint density at radius 2 is 1.20 bits per heavy atom. The molecule has 0 radical (unpaired) electrons. The first-order valence-corrected chi connectivity index (χ1v) is 11.8. The maximum Gasteiger partial charge on any atom is 0.227 e. The van der Waals surface area contributed by atoms with Gasteiger partial charge in [0.1, 0.15) is 0 Å². The van der Waals surface area contributed by atoms with Crippen LogP contribution in [0.3, 0.4) is 0 Å². The zero-order chi connectivity index (χ0) is 21.1. The number of hydrogen-bond donors (Lipinski definition) is 2. The third-order valence-electron chi connectivity index (χ3n) is 6.81. The number of nitrogens with one attached hydrogen (secondary N) is 2. The van der Waals surface area contributed by atoms with Crippen molar-refractivity contribution >= 4 is 34.0 Å². The van der Waals surface area contributed by atoms with E-state index in [4.69, 9.17) is 0 Å². The standard InChI is InChI=1S/C26H34N2O2/c1-3-5-9-17-15-21(17)25(29)27-23-13-7-12-20-19(23)11-8-14-24(20)28-26(30)22-16-18(22)10-6-4-2/h7-8,11-14,17-18,21-22H,3-6,9-10,15-16H2,1-2H3,(H,27,29)(H,28,30)/t17-,18+,21-,22-/m1/s1. The average Bonchev–Trinajstić information content (AvgIpc) is 3.66. The molecule has 0 bridgehead atoms. The Hall–Kier alpha value is -2.36. The zero-order valence-electron chi connectivity index (χ0n) is 18.2. The van der Waals surface area contributed by atoms with Crippen LogP contribution in [-0.2, 0) is 9.59 Å². The van der Waals surface area contributed by atoms with E-state index < -0.39 is 0 Å². The predicted molar refractivity (Wildman–Crippen MR) is 123 cm³/mol. The van der Waals surface area contributed by atoms with Gasteiger partial charge in [0.15, 0.2) is 0 Å². The highest BCUT2D eigenvalue weighted by Crippen LogP contribution is 2.44. The molecule has 4 heteroatoms. The van der Waals surface area contributed by atoms with Crippen molar-refractivity contribution in [1.82, 2.24) is 0 Å². The fourth-order valence-electron chi connectivity index (χ4n) is 4.69. The summed E-state index contributed by atoms with van der Waals surface area (Å²) in [6.45, 7) is 4.39. The van der Waals surface area contributed by atoms with E-state index in [0.29, 0.717) is 11.8 Å². The summed E-state index contributed by atoms with van der Waals surface area (Å²) in [5, 5.41) is 8.25. The molecule has 2 N–H and O–H groups in total. The number of fused-ring (bicyclic) bond motifs is 1. The molecule has 2 saturated carbocycles. The molecule has 160 valence electrons. The highest BCUT2D eigenvalue weighted by Gasteiger charge is 2.43. The first-order valence-electron chi connectivity index (χ1n) is 11.8. The van der Waals surface area contributed by atoms with E-state index in [1.807, 2.05) is 36.4 Å². The number of rotatable bonds is 10. The fraction of sp³-hybridized carbons (Fsp3) is 0.538. The van der Waals surface area contributed by atoms with Gasteiger partial charge in [-0.2, -0.15) is 0 Å². The van der Waals surface area contributed by atoms with Gasteiger partial charge < -0.3 is 10.6 Å². The van der Waals surface area contributed by atoms with Gasteiger partial charge in [-0.05, 0) is 49.7 Å². The molecular weight excluding hydrogens is 372 g/mol. The number of anilines is 2. The molecule has 0 unspecified atom stereocenters. The van der Waals surface area contributed by atoms with Gasteiger partial charge in [-0.3, -0.25) is 9.59 Å². The van der Waals surface area contributed by atoms with Crippen molar-refractivity contribution in [3.63, 3.8) is 0 Å². The van der Waals surface area contributed by atoms with Crippen molar-refractivity contribution in [2.24, 2.45) is 23.7 Å². The van der Waals surface area contributed by atoms with E-state index in [1.54, 1.807) is 0 Å². The third kappa shape index (κ3) is 4.69. The molecule has 0 aromatic heterocycles. The first kappa shape index (κ1) is 20.9. The molecule has 0 saturated heterocycles. The van der Waals surface area contributed by atoms with Gasteiger partial charge >= 0.3 is 0 Å². The number of carbonyl (C=O) groups is 2. The van der Waals surface area contributed by atoms with Crippen LogP contribution in [0.2, 0.25) is 0 Å². The lowest BCUT2D eigenvalue weighted by Crippen LogP contribution is -2.16. The van der Waals surface area contributed by atoms with Crippen molar-refractivity contribution in [3.05, 3.63) is 36.4 Å². The third-order valence-corrected chi connectivity index (χ3v) is 6.81. The molecule has 0 heterocycles. The maximum atomic E-state index is 12.7. The molecule has 0 aliphatic heterocycles. The van der Waals surface area contributed by atoms with Crippen molar-refractivity contribution in [2.75, 3.05) is 10.6 Å². The summed E-state index contributed by atoms with van der Waals surface area (Å²) in [7, 11) is 0. The molecule has 4 atom stereocenters. The van der Waals surface area contributed by atoms with Crippen LogP contribution in [-0.4, -0.2) is 11.8 Å². The summed E-state index contributed by atoms with van der Waals surface area (Å²) in [5.74, 6) is 1.68. The van der Waals surface area contributed by atoms with Gasteiger partial charge in [-0.1, -0.05) is 63.8 Å². The summed E-state index contributed by atoms with van der Waals surface area (Å²) >= 11 is 0. The molecular formula is C26H34N2O2. The Balaban J connectivity index is 1.43. The van der Waals surface area contributed by atoms with Crippen molar-refractivity contribution in [1.29, 1.82) is 0 Å². The van der Waals surface area contributed by atoms with E-state index in [-0.39, 0.29) is 23.7 Å². The van der Waals surface area contributed by atoms with E-state index in [2.05, 4.69) is 24.5 Å². The Bertz CT molecular complexity index is 847. The van der Waals surface area contributed by atoms with Crippen molar-refractivity contribution < 1.29 is 9.59 Å². The monoisotopic (exact) mass is 406 g/mol. The highest BCUT2D eigenvalue weighted by atomic mass is 16.2. The fourth-order valence-corrected chi connectivity index (χ4v) is 4.69. The average molecular weight is 407 g/mol. The quantitative estimate of drug-likeness (QED) is 0.482. The summed E-state index contributed by atoms with van der Waals surface area (Å²) < 4.78 is 0. The second-order valence-electron chi connectivity index (χ2n) is 9.17. The minimum atomic E-state index is 0.134. The highest BCUT2D eigenvalue weighted by molar-refractivity contribution is 6.10. The summed E-state index contributed by atoms with van der Waals surface area (Å²) in [6, 6.07) is 11.9. The molecule has 4 rings (SSSR count). The van der Waals surface area contributed by atoms with Gasteiger partial charge in [0.05, 0.1) is 0 Å². The zero-order valence-corrected chi connectivity index (χ0v) is 18.2. The van der Waals surface area contributed by atoms with Crippen LogP contribution < -0.4 is 10.6 Å². The van der Waals surface area contributed by atoms with E-state index >= 15 is 0 Å². The topological polar surface area (TPSA) is 58.2 Å². The second-order valence-corrected chi connectivity index (χ2v) is 9.17. The normalized spacial score (nSPS) is 24.5. The maximum absolute atomic E-state index is 12.7. The second kappa shape index (κ2) is 9.20. The Morgan fingerprint density at radius 1 is 0.767 bits per heavy atom. The van der Waals surface area contributed by atoms with Gasteiger partial charge in [0.25, 0.3) is 0 Å². The molecule has 30 heavy (non-hydrogen) atoms. The van der Waals surface area contributed by atoms with E-state index in [1.165, 1.54) is 25.7 Å². The predicted octanol–water partition coefficient (Wildman–Crippen LogP) is 6.37. The molecule has 0 spiro atoms. The minimum absolute atomic E-state index is 0.134. The summed E-state index contributed by atoms with van der Waals surface area (Å²) in [5.41, 5.74) is 1.67. The molecule has 2 amide bonds. The number of hydrogen-bond acceptors (Lipinski definition) is 2. The van der Waals surface area contributed by atoms with E-state index in [9.17, 15) is 9.59 Å². The van der Waals surface area contributed by atoms with Gasteiger partial charge in [-0.15, -0.1) is 0 Å². The molecule has 2 fully saturated rings. The van der Waals surface area contributed by atoms with Crippen LogP contribution >= 0.6 is 0 Å². The van der Waals surface area contributed by atoms with E-state index in [0.717, 1.165) is 47.8 Å². The number of carbonyl (C=O) groups excluding carboxylic acids is 2. The molecule has 4 nitrogen and oxygen atoms in total. The first-order chi connectivity index (χ1) is 14.6. The molecule has 2 aromatic rings. The van der Waals surface area contributed by atoms with Gasteiger partial charge in [0, 0.05) is 34.0 Å². The molecule has 2 aromatic carbocycles. The SMILES string of the molecule is CCCC[C@@H]1C[C@H]1C(=O)Nc1cccc2c(NC(=O)[C@@H]3C[C@@H]3CCCC)cccc12. The van der Waals surface area contributed by atoms with Crippen molar-refractivity contribution in [3.8, 4) is 0 Å². The number of benzene rings is 2. The van der Waals surface area contributed by atoms with Crippen LogP contribution in [0.25, 0.3) is 10.8 Å².